The molecule has 0 spiro atoms. The Morgan fingerprint density at radius 2 is 1.22 bits per heavy atom. The zero-order chi connectivity index (χ0) is 21.7. The molecule has 6 aromatic rings. The second-order valence-electron chi connectivity index (χ2n) is 7.96. The highest BCUT2D eigenvalue weighted by Crippen LogP contribution is 2.39. The third kappa shape index (κ3) is 2.53. The number of para-hydroxylation sites is 3. The van der Waals surface area contributed by atoms with Crippen molar-refractivity contribution in [3.63, 3.8) is 0 Å². The molecular weight excluding hydrogens is 388 g/mol. The molecule has 0 aliphatic heterocycles. The lowest BCUT2D eigenvalue weighted by Crippen LogP contribution is -1.96. The highest BCUT2D eigenvalue weighted by Gasteiger charge is 2.17. The van der Waals surface area contributed by atoms with Gasteiger partial charge in [0, 0.05) is 32.9 Å². The van der Waals surface area contributed by atoms with Crippen LogP contribution in [0.1, 0.15) is 0 Å². The Labute approximate surface area is 186 Å². The van der Waals surface area contributed by atoms with E-state index in [0.29, 0.717) is 0 Å². The van der Waals surface area contributed by atoms with Crippen LogP contribution in [-0.2, 0) is 0 Å². The van der Waals surface area contributed by atoms with Crippen molar-refractivity contribution < 1.29 is 0 Å². The number of nitrogens with zero attached hydrogens (tertiary/aromatic N) is 2. The molecule has 0 radical (unpaired) electrons. The minimum atomic E-state index is 1.01. The van der Waals surface area contributed by atoms with Crippen molar-refractivity contribution in [3.8, 4) is 5.69 Å². The van der Waals surface area contributed by atoms with E-state index in [-0.39, 0.29) is 0 Å². The van der Waals surface area contributed by atoms with Gasteiger partial charge in [0.25, 0.3) is 0 Å². The molecule has 152 valence electrons. The molecule has 0 N–H and O–H groups in total. The number of hydrogen-bond acceptors (Lipinski definition) is 0. The number of fused-ring (bicyclic) bond motifs is 6. The lowest BCUT2D eigenvalue weighted by molar-refractivity contribution is 1.18. The van der Waals surface area contributed by atoms with Gasteiger partial charge in [-0.05, 0) is 48.6 Å². The molecule has 6 rings (SSSR count). The van der Waals surface area contributed by atoms with E-state index >= 15 is 0 Å². The molecule has 0 saturated heterocycles. The van der Waals surface area contributed by atoms with Crippen molar-refractivity contribution in [1.29, 1.82) is 0 Å². The fourth-order valence-corrected chi connectivity index (χ4v) is 4.92. The van der Waals surface area contributed by atoms with E-state index in [2.05, 4.69) is 113 Å². The zero-order valence-electron chi connectivity index (χ0n) is 17.7. The first-order chi connectivity index (χ1) is 15.8. The van der Waals surface area contributed by atoms with Crippen molar-refractivity contribution in [3.05, 3.63) is 122 Å². The van der Waals surface area contributed by atoms with Crippen molar-refractivity contribution in [2.24, 2.45) is 0 Å². The molecule has 0 atom stereocenters. The van der Waals surface area contributed by atoms with Crippen LogP contribution in [0, 0.1) is 0 Å². The molecule has 2 nitrogen and oxygen atoms in total. The van der Waals surface area contributed by atoms with E-state index in [1.807, 2.05) is 18.2 Å². The number of aromatic nitrogens is 2. The van der Waals surface area contributed by atoms with Crippen LogP contribution in [0.25, 0.3) is 55.0 Å². The molecule has 0 saturated carbocycles. The van der Waals surface area contributed by atoms with E-state index in [0.717, 1.165) is 16.9 Å². The van der Waals surface area contributed by atoms with E-state index < -0.39 is 0 Å². The van der Waals surface area contributed by atoms with Crippen molar-refractivity contribution >= 4 is 49.3 Å². The Morgan fingerprint density at radius 3 is 1.94 bits per heavy atom. The van der Waals surface area contributed by atoms with Crippen molar-refractivity contribution in [2.75, 3.05) is 0 Å². The molecular formula is C30H22N2. The first kappa shape index (κ1) is 18.5. The highest BCUT2D eigenvalue weighted by atomic mass is 15.0. The first-order valence-electron chi connectivity index (χ1n) is 10.8. The summed E-state index contributed by atoms with van der Waals surface area (Å²) in [6.07, 6.45) is 5.72. The summed E-state index contributed by atoms with van der Waals surface area (Å²) in [7, 11) is 0. The first-order valence-corrected chi connectivity index (χ1v) is 10.8. The van der Waals surface area contributed by atoms with Gasteiger partial charge in [-0.2, -0.15) is 0 Å². The van der Waals surface area contributed by atoms with Gasteiger partial charge in [0.05, 0.1) is 22.1 Å². The predicted molar refractivity (Wildman–Crippen MR) is 138 cm³/mol. The van der Waals surface area contributed by atoms with Gasteiger partial charge in [0.2, 0.25) is 0 Å². The largest absolute Gasteiger partial charge is 0.309 e. The maximum atomic E-state index is 4.07. The summed E-state index contributed by atoms with van der Waals surface area (Å²) >= 11 is 0. The van der Waals surface area contributed by atoms with Gasteiger partial charge >= 0.3 is 0 Å². The summed E-state index contributed by atoms with van der Waals surface area (Å²) < 4.78 is 4.64. The minimum Gasteiger partial charge on any atom is -0.309 e. The fraction of sp³-hybridized carbons (Fsp3) is 0. The smallest absolute Gasteiger partial charge is 0.0562 e. The molecule has 4 aromatic carbocycles. The second-order valence-corrected chi connectivity index (χ2v) is 7.96. The molecule has 0 aliphatic rings. The van der Waals surface area contributed by atoms with Gasteiger partial charge in [-0.1, -0.05) is 73.8 Å². The van der Waals surface area contributed by atoms with E-state index in [1.165, 1.54) is 38.1 Å². The normalized spacial score (nSPS) is 12.2. The lowest BCUT2D eigenvalue weighted by atomic mass is 10.1. The summed E-state index contributed by atoms with van der Waals surface area (Å²) in [5, 5.41) is 4.99. The molecule has 0 unspecified atom stereocenters. The van der Waals surface area contributed by atoms with Gasteiger partial charge in [-0.3, -0.25) is 0 Å². The van der Waals surface area contributed by atoms with E-state index in [9.17, 15) is 0 Å². The number of benzene rings is 4. The summed E-state index contributed by atoms with van der Waals surface area (Å²) in [4.78, 5) is 0. The third-order valence-electron chi connectivity index (χ3n) is 6.24. The molecule has 2 heteroatoms. The van der Waals surface area contributed by atoms with Crippen LogP contribution in [-0.4, -0.2) is 9.13 Å². The predicted octanol–water partition coefficient (Wildman–Crippen LogP) is 8.10. The van der Waals surface area contributed by atoms with Gasteiger partial charge in [0.1, 0.15) is 0 Å². The van der Waals surface area contributed by atoms with Gasteiger partial charge in [-0.15, -0.1) is 0 Å². The third-order valence-corrected chi connectivity index (χ3v) is 6.24. The van der Waals surface area contributed by atoms with E-state index in [4.69, 9.17) is 0 Å². The van der Waals surface area contributed by atoms with Crippen LogP contribution >= 0.6 is 0 Å². The summed E-state index contributed by atoms with van der Waals surface area (Å²) in [6, 6.07) is 32.4. The fourth-order valence-electron chi connectivity index (χ4n) is 4.92. The maximum absolute atomic E-state index is 4.07. The van der Waals surface area contributed by atoms with Crippen LogP contribution in [0.5, 0.6) is 0 Å². The zero-order valence-corrected chi connectivity index (χ0v) is 17.7. The van der Waals surface area contributed by atoms with Gasteiger partial charge in [0.15, 0.2) is 0 Å². The second kappa shape index (κ2) is 7.14. The average molecular weight is 411 g/mol. The van der Waals surface area contributed by atoms with Crippen molar-refractivity contribution in [1.82, 2.24) is 9.13 Å². The molecule has 0 bridgehead atoms. The summed E-state index contributed by atoms with van der Waals surface area (Å²) in [6.45, 7) is 7.98. The summed E-state index contributed by atoms with van der Waals surface area (Å²) in [5.74, 6) is 0. The number of hydrogen-bond donors (Lipinski definition) is 0. The Morgan fingerprint density at radius 1 is 0.594 bits per heavy atom. The van der Waals surface area contributed by atoms with Crippen LogP contribution in [0.4, 0.5) is 0 Å². The quantitative estimate of drug-likeness (QED) is 0.260. The number of allylic oxidation sites excluding steroid dienone is 4. The van der Waals surface area contributed by atoms with E-state index in [1.54, 1.807) is 0 Å². The standard InChI is InChI=1S/C30H22N2/c1-3-12-21(4-2)31-27-17-10-8-15-23(27)25-19-26-24-16-9-11-18-28(24)32(30(26)20-29(25)31)22-13-6-5-7-14-22/h3-20H,1-2H2/b21-12+. The van der Waals surface area contributed by atoms with Crippen LogP contribution in [0.15, 0.2) is 122 Å². The van der Waals surface area contributed by atoms with Crippen LogP contribution < -0.4 is 0 Å². The minimum absolute atomic E-state index is 1.01. The lowest BCUT2D eigenvalue weighted by Gasteiger charge is -2.10. The molecule has 0 amide bonds. The Balaban J connectivity index is 1.86. The van der Waals surface area contributed by atoms with Crippen molar-refractivity contribution in [2.45, 2.75) is 0 Å². The SMILES string of the molecule is C=C/C=C(\C=C)n1c2ccccc2c2cc3c4ccccc4n(-c4ccccc4)c3cc21. The Kier molecular flexibility index (Phi) is 4.12. The molecule has 2 aromatic heterocycles. The molecule has 0 aliphatic carbocycles. The van der Waals surface area contributed by atoms with Gasteiger partial charge in [-0.25, -0.2) is 0 Å². The topological polar surface area (TPSA) is 9.86 Å². The van der Waals surface area contributed by atoms with Gasteiger partial charge < -0.3 is 9.13 Å². The Bertz CT molecular complexity index is 1690. The highest BCUT2D eigenvalue weighted by molar-refractivity contribution is 6.19. The van der Waals surface area contributed by atoms with Crippen LogP contribution in [0.3, 0.4) is 0 Å². The average Bonchev–Trinajstić information content (AvgIpc) is 3.34. The number of rotatable bonds is 4. The summed E-state index contributed by atoms with van der Waals surface area (Å²) in [5.41, 5.74) is 6.89. The molecule has 0 fully saturated rings. The molecule has 2 heterocycles. The maximum Gasteiger partial charge on any atom is 0.0562 e. The Hall–Kier alpha value is -4.30. The monoisotopic (exact) mass is 410 g/mol. The van der Waals surface area contributed by atoms with Crippen LogP contribution in [0.2, 0.25) is 0 Å². The molecule has 32 heavy (non-hydrogen) atoms.